The molecule has 0 amide bonds. The number of fused-ring (bicyclic) bond motifs is 7. The average Bonchev–Trinajstić information content (AvgIpc) is 2.76. The summed E-state index contributed by atoms with van der Waals surface area (Å²) in [6, 6.07) is 0. The van der Waals surface area contributed by atoms with Crippen molar-refractivity contribution in [3.05, 3.63) is 11.6 Å². The van der Waals surface area contributed by atoms with E-state index in [1.165, 1.54) is 5.57 Å². The highest BCUT2D eigenvalue weighted by Gasteiger charge is 2.70. The summed E-state index contributed by atoms with van der Waals surface area (Å²) in [6.45, 7) is 14.2. The summed E-state index contributed by atoms with van der Waals surface area (Å²) in [6.07, 6.45) is 11.4. The Kier molecular flexibility index (Phi) is 5.36. The first kappa shape index (κ1) is 24.8. The molecule has 4 nitrogen and oxygen atoms in total. The number of carboxylic acids is 1. The Bertz CT molecular complexity index is 903. The first-order valence-electron chi connectivity index (χ1n) is 13.9. The van der Waals surface area contributed by atoms with Crippen LogP contribution < -0.4 is 0 Å². The molecule has 0 aromatic carbocycles. The van der Waals surface area contributed by atoms with Crippen molar-refractivity contribution in [2.75, 3.05) is 6.61 Å². The Hall–Kier alpha value is -0.870. The van der Waals surface area contributed by atoms with E-state index in [1.807, 2.05) is 0 Å². The van der Waals surface area contributed by atoms with Gasteiger partial charge in [-0.3, -0.25) is 4.79 Å². The molecule has 8 atom stereocenters. The van der Waals surface area contributed by atoms with E-state index >= 15 is 0 Å². The van der Waals surface area contributed by atoms with Crippen molar-refractivity contribution in [1.82, 2.24) is 0 Å². The van der Waals surface area contributed by atoms with Crippen molar-refractivity contribution >= 4 is 5.97 Å². The van der Waals surface area contributed by atoms with Crippen LogP contribution in [0.15, 0.2) is 11.6 Å². The lowest BCUT2D eigenvalue weighted by molar-refractivity contribution is -0.223. The minimum atomic E-state index is -0.604. The zero-order chi connectivity index (χ0) is 24.9. The molecule has 0 radical (unpaired) electrons. The van der Waals surface area contributed by atoms with Crippen molar-refractivity contribution in [3.63, 3.8) is 0 Å². The van der Waals surface area contributed by atoms with Crippen LogP contribution in [0.3, 0.4) is 0 Å². The molecule has 4 heteroatoms. The van der Waals surface area contributed by atoms with Crippen molar-refractivity contribution in [3.8, 4) is 0 Å². The molecule has 0 saturated heterocycles. The van der Waals surface area contributed by atoms with Crippen LogP contribution in [-0.4, -0.2) is 34.0 Å². The van der Waals surface area contributed by atoms with Gasteiger partial charge in [-0.1, -0.05) is 53.2 Å². The predicted octanol–water partition coefficient (Wildman–Crippen LogP) is 6.21. The van der Waals surface area contributed by atoms with E-state index in [-0.39, 0.29) is 45.7 Å². The Morgan fingerprint density at radius 1 is 0.941 bits per heavy atom. The molecular weight excluding hydrogens is 424 g/mol. The van der Waals surface area contributed by atoms with Crippen LogP contribution >= 0.6 is 0 Å². The molecule has 0 heterocycles. The lowest BCUT2D eigenvalue weighted by Crippen LogP contribution is -2.66. The maximum Gasteiger partial charge on any atom is 0.310 e. The predicted molar refractivity (Wildman–Crippen MR) is 134 cm³/mol. The largest absolute Gasteiger partial charge is 0.481 e. The number of hydrogen-bond acceptors (Lipinski definition) is 3. The van der Waals surface area contributed by atoms with E-state index in [4.69, 9.17) is 0 Å². The van der Waals surface area contributed by atoms with Gasteiger partial charge in [0.25, 0.3) is 0 Å². The summed E-state index contributed by atoms with van der Waals surface area (Å²) in [5.74, 6) is 0.235. The molecule has 5 aliphatic rings. The highest BCUT2D eigenvalue weighted by Crippen LogP contribution is 2.75. The quantitative estimate of drug-likeness (QED) is 0.418. The summed E-state index contributed by atoms with van der Waals surface area (Å²) in [7, 11) is 0. The fourth-order valence-electron chi connectivity index (χ4n) is 10.6. The van der Waals surface area contributed by atoms with Gasteiger partial charge in [-0.25, -0.2) is 0 Å². The molecular formula is C30H48O4. The second kappa shape index (κ2) is 7.34. The molecule has 8 unspecified atom stereocenters. The van der Waals surface area contributed by atoms with Gasteiger partial charge in [-0.15, -0.1) is 0 Å². The Morgan fingerprint density at radius 3 is 2.26 bits per heavy atom. The Labute approximate surface area is 206 Å². The maximum atomic E-state index is 12.8. The van der Waals surface area contributed by atoms with Crippen molar-refractivity contribution < 1.29 is 20.1 Å². The second-order valence-corrected chi connectivity index (χ2v) is 14.9. The summed E-state index contributed by atoms with van der Waals surface area (Å²) in [5.41, 5.74) is 0.677. The highest BCUT2D eigenvalue weighted by molar-refractivity contribution is 5.76. The van der Waals surface area contributed by atoms with E-state index in [2.05, 4.69) is 47.6 Å². The normalized spacial score (nSPS) is 51.2. The van der Waals surface area contributed by atoms with Crippen LogP contribution in [0.5, 0.6) is 0 Å². The van der Waals surface area contributed by atoms with E-state index < -0.39 is 11.4 Å². The van der Waals surface area contributed by atoms with Gasteiger partial charge >= 0.3 is 5.97 Å². The van der Waals surface area contributed by atoms with E-state index in [1.54, 1.807) is 0 Å². The Balaban J connectivity index is 1.62. The van der Waals surface area contributed by atoms with Gasteiger partial charge in [0.15, 0.2) is 0 Å². The van der Waals surface area contributed by atoms with Gasteiger partial charge in [-0.05, 0) is 104 Å². The number of aliphatic carboxylic acids is 1. The smallest absolute Gasteiger partial charge is 0.310 e. The molecule has 4 fully saturated rings. The molecule has 5 aliphatic carbocycles. The van der Waals surface area contributed by atoms with Crippen LogP contribution in [0.25, 0.3) is 0 Å². The number of carbonyl (C=O) groups is 1. The SMILES string of the molecule is CC1(C)CCC2(C(=O)O)CCC3(C)C(=CCC4C5(CO)CCC(O)C(C)(C)C5CCC43C)C2C1. The molecule has 0 aromatic rings. The minimum Gasteiger partial charge on any atom is -0.481 e. The fourth-order valence-corrected chi connectivity index (χ4v) is 10.6. The number of hydrogen-bond donors (Lipinski definition) is 3. The third-order valence-electron chi connectivity index (χ3n) is 13.1. The molecule has 4 saturated carbocycles. The van der Waals surface area contributed by atoms with E-state index in [9.17, 15) is 20.1 Å². The molecule has 0 spiro atoms. The molecule has 0 bridgehead atoms. The van der Waals surface area contributed by atoms with Crippen molar-refractivity contribution in [1.29, 1.82) is 0 Å². The van der Waals surface area contributed by atoms with E-state index in [0.717, 1.165) is 64.2 Å². The third-order valence-corrected chi connectivity index (χ3v) is 13.1. The third kappa shape index (κ3) is 2.88. The summed E-state index contributed by atoms with van der Waals surface area (Å²) in [5, 5.41) is 32.4. The summed E-state index contributed by atoms with van der Waals surface area (Å²) >= 11 is 0. The molecule has 34 heavy (non-hydrogen) atoms. The summed E-state index contributed by atoms with van der Waals surface area (Å²) < 4.78 is 0. The van der Waals surface area contributed by atoms with Crippen LogP contribution in [-0.2, 0) is 4.79 Å². The van der Waals surface area contributed by atoms with Gasteiger partial charge < -0.3 is 15.3 Å². The first-order chi connectivity index (χ1) is 15.7. The average molecular weight is 473 g/mol. The van der Waals surface area contributed by atoms with Crippen LogP contribution in [0.1, 0.15) is 106 Å². The van der Waals surface area contributed by atoms with Crippen LogP contribution in [0.4, 0.5) is 0 Å². The van der Waals surface area contributed by atoms with Gasteiger partial charge in [0, 0.05) is 12.0 Å². The number of allylic oxidation sites excluding steroid dienone is 2. The van der Waals surface area contributed by atoms with Crippen LogP contribution in [0, 0.1) is 50.2 Å². The molecule has 192 valence electrons. The number of aliphatic hydroxyl groups is 2. The monoisotopic (exact) mass is 472 g/mol. The number of aliphatic hydroxyl groups excluding tert-OH is 2. The molecule has 0 aliphatic heterocycles. The molecule has 0 aromatic heterocycles. The topological polar surface area (TPSA) is 77.8 Å². The van der Waals surface area contributed by atoms with Gasteiger partial charge in [-0.2, -0.15) is 0 Å². The van der Waals surface area contributed by atoms with Crippen molar-refractivity contribution in [2.24, 2.45) is 50.2 Å². The standard InChI is InChI=1S/C30H48O4/c1-25(2)13-15-29(24(33)34)16-14-27(5)19(20(29)17-25)7-8-22-28(27,6)11-9-21-26(3,4)23(32)10-12-30(21,22)18-31/h7,20-23,31-32H,8-18H2,1-6H3,(H,33,34). The minimum absolute atomic E-state index is 0.0275. The number of rotatable bonds is 2. The van der Waals surface area contributed by atoms with Gasteiger partial charge in [0.2, 0.25) is 0 Å². The second-order valence-electron chi connectivity index (χ2n) is 14.9. The van der Waals surface area contributed by atoms with Gasteiger partial charge in [0.05, 0.1) is 11.5 Å². The zero-order valence-electron chi connectivity index (χ0n) is 22.4. The maximum absolute atomic E-state index is 12.8. The van der Waals surface area contributed by atoms with Gasteiger partial charge in [0.1, 0.15) is 0 Å². The fraction of sp³-hybridized carbons (Fsp3) is 0.900. The van der Waals surface area contributed by atoms with Crippen LogP contribution in [0.2, 0.25) is 0 Å². The van der Waals surface area contributed by atoms with E-state index in [0.29, 0.717) is 11.8 Å². The highest BCUT2D eigenvalue weighted by atomic mass is 16.4. The zero-order valence-corrected chi connectivity index (χ0v) is 22.4. The molecule has 3 N–H and O–H groups in total. The number of carboxylic acid groups (broad SMARTS) is 1. The first-order valence-corrected chi connectivity index (χ1v) is 13.9. The van der Waals surface area contributed by atoms with Crippen molar-refractivity contribution in [2.45, 2.75) is 112 Å². The lowest BCUT2D eigenvalue weighted by atomic mass is 9.33. The summed E-state index contributed by atoms with van der Waals surface area (Å²) in [4.78, 5) is 12.8. The molecule has 5 rings (SSSR count). The lowest BCUT2D eigenvalue weighted by Gasteiger charge is -2.71. The Morgan fingerprint density at radius 2 is 1.62 bits per heavy atom.